The van der Waals surface area contributed by atoms with Crippen LogP contribution in [-0.4, -0.2) is 28.8 Å². The Balaban J connectivity index is 2.17. The molecule has 0 spiro atoms. The number of nitrogens with zero attached hydrogens (tertiary/aromatic N) is 1. The molecule has 0 aliphatic carbocycles. The lowest BCUT2D eigenvalue weighted by molar-refractivity contribution is -0.141. The number of hydrogen-bond acceptors (Lipinski definition) is 3. The molecule has 0 aromatic heterocycles. The zero-order valence-corrected chi connectivity index (χ0v) is 12.8. The van der Waals surface area contributed by atoms with Gasteiger partial charge in [0.1, 0.15) is 11.9 Å². The molecule has 4 nitrogen and oxygen atoms in total. The van der Waals surface area contributed by atoms with E-state index in [9.17, 15) is 14.0 Å². The van der Waals surface area contributed by atoms with E-state index in [1.165, 1.54) is 23.1 Å². The highest BCUT2D eigenvalue weighted by molar-refractivity contribution is 6.33. The maximum atomic E-state index is 13.2. The Morgan fingerprint density at radius 2 is 2.05 bits per heavy atom. The highest BCUT2D eigenvalue weighted by atomic mass is 35.5. The van der Waals surface area contributed by atoms with Crippen LogP contribution < -0.4 is 5.32 Å². The molecule has 1 saturated heterocycles. The van der Waals surface area contributed by atoms with Crippen molar-refractivity contribution in [1.82, 2.24) is 4.90 Å². The largest absolute Gasteiger partial charge is 0.372 e. The number of imide groups is 1. The molecule has 114 valence electrons. The van der Waals surface area contributed by atoms with Gasteiger partial charge in [0, 0.05) is 6.04 Å². The molecule has 1 unspecified atom stereocenters. The fourth-order valence-corrected chi connectivity index (χ4v) is 2.77. The first-order chi connectivity index (χ1) is 9.97. The smallest absolute Gasteiger partial charge is 0.252 e. The zero-order valence-electron chi connectivity index (χ0n) is 12.0. The Morgan fingerprint density at radius 1 is 1.38 bits per heavy atom. The molecule has 1 heterocycles. The van der Waals surface area contributed by atoms with Crippen LogP contribution in [0.5, 0.6) is 0 Å². The Kier molecular flexibility index (Phi) is 4.83. The van der Waals surface area contributed by atoms with Crippen molar-refractivity contribution in [1.29, 1.82) is 0 Å². The third-order valence-electron chi connectivity index (χ3n) is 3.75. The van der Waals surface area contributed by atoms with E-state index in [0.29, 0.717) is 10.7 Å². The second-order valence-corrected chi connectivity index (χ2v) is 5.50. The van der Waals surface area contributed by atoms with Gasteiger partial charge in [0.15, 0.2) is 0 Å². The molecule has 1 aliphatic rings. The number of halogens is 2. The summed E-state index contributed by atoms with van der Waals surface area (Å²) < 4.78 is 13.2. The second kappa shape index (κ2) is 6.43. The van der Waals surface area contributed by atoms with Gasteiger partial charge < -0.3 is 5.32 Å². The highest BCUT2D eigenvalue weighted by Crippen LogP contribution is 2.27. The number of rotatable bonds is 5. The van der Waals surface area contributed by atoms with Crippen LogP contribution in [0.4, 0.5) is 10.1 Å². The molecule has 6 heteroatoms. The molecule has 1 atom stereocenters. The normalized spacial score (nSPS) is 18.7. The van der Waals surface area contributed by atoms with Crippen LogP contribution in [0.2, 0.25) is 5.02 Å². The highest BCUT2D eigenvalue weighted by Gasteiger charge is 2.41. The van der Waals surface area contributed by atoms with E-state index >= 15 is 0 Å². The number of amides is 2. The molecule has 2 amide bonds. The van der Waals surface area contributed by atoms with Crippen molar-refractivity contribution in [3.05, 3.63) is 29.0 Å². The van der Waals surface area contributed by atoms with Crippen LogP contribution in [0.1, 0.15) is 33.1 Å². The summed E-state index contributed by atoms with van der Waals surface area (Å²) >= 11 is 5.97. The molecule has 0 bridgehead atoms. The predicted octanol–water partition coefficient (Wildman–Crippen LogP) is 3.21. The minimum Gasteiger partial charge on any atom is -0.372 e. The molecule has 1 fully saturated rings. The lowest BCUT2D eigenvalue weighted by Gasteiger charge is -2.24. The fraction of sp³-hybridized carbons (Fsp3) is 0.467. The fourth-order valence-electron chi connectivity index (χ4n) is 2.60. The van der Waals surface area contributed by atoms with E-state index in [0.717, 1.165) is 12.8 Å². The predicted molar refractivity (Wildman–Crippen MR) is 79.7 cm³/mol. The summed E-state index contributed by atoms with van der Waals surface area (Å²) in [5.74, 6) is -0.914. The van der Waals surface area contributed by atoms with Crippen LogP contribution in [0.3, 0.4) is 0 Å². The zero-order chi connectivity index (χ0) is 15.6. The van der Waals surface area contributed by atoms with Gasteiger partial charge >= 0.3 is 0 Å². The molecular weight excluding hydrogens is 295 g/mol. The van der Waals surface area contributed by atoms with E-state index < -0.39 is 11.9 Å². The van der Waals surface area contributed by atoms with Gasteiger partial charge in [-0.05, 0) is 31.0 Å². The van der Waals surface area contributed by atoms with Gasteiger partial charge in [-0.25, -0.2) is 4.39 Å². The van der Waals surface area contributed by atoms with E-state index in [1.807, 2.05) is 13.8 Å². The van der Waals surface area contributed by atoms with Gasteiger partial charge in [-0.1, -0.05) is 25.4 Å². The maximum absolute atomic E-state index is 13.2. The van der Waals surface area contributed by atoms with Crippen LogP contribution in [0, 0.1) is 5.82 Å². The molecule has 2 rings (SSSR count). The molecule has 21 heavy (non-hydrogen) atoms. The van der Waals surface area contributed by atoms with Crippen LogP contribution in [-0.2, 0) is 9.59 Å². The quantitative estimate of drug-likeness (QED) is 0.849. The number of carbonyl (C=O) groups is 2. The van der Waals surface area contributed by atoms with Gasteiger partial charge in [-0.2, -0.15) is 0 Å². The van der Waals surface area contributed by atoms with E-state index in [-0.39, 0.29) is 24.3 Å². The van der Waals surface area contributed by atoms with Crippen molar-refractivity contribution in [2.24, 2.45) is 0 Å². The van der Waals surface area contributed by atoms with Gasteiger partial charge in [0.25, 0.3) is 5.91 Å². The third kappa shape index (κ3) is 3.18. The number of nitrogens with one attached hydrogen (secondary N) is 1. The van der Waals surface area contributed by atoms with Crippen LogP contribution in [0.15, 0.2) is 18.2 Å². The van der Waals surface area contributed by atoms with Crippen molar-refractivity contribution in [3.8, 4) is 0 Å². The second-order valence-electron chi connectivity index (χ2n) is 5.10. The Labute approximate surface area is 128 Å². The number of likely N-dealkylation sites (tertiary alicyclic amines) is 1. The Hall–Kier alpha value is -1.62. The van der Waals surface area contributed by atoms with Crippen LogP contribution >= 0.6 is 11.6 Å². The molecule has 1 N–H and O–H groups in total. The minimum absolute atomic E-state index is 0.0716. The molecule has 1 aliphatic heterocycles. The average Bonchev–Trinajstić information content (AvgIpc) is 2.72. The van der Waals surface area contributed by atoms with Crippen LogP contribution in [0.25, 0.3) is 0 Å². The average molecular weight is 313 g/mol. The first-order valence-corrected chi connectivity index (χ1v) is 7.43. The van der Waals surface area contributed by atoms with Crippen molar-refractivity contribution < 1.29 is 14.0 Å². The summed E-state index contributed by atoms with van der Waals surface area (Å²) in [6.07, 6.45) is 1.52. The molecule has 1 aromatic carbocycles. The summed E-state index contributed by atoms with van der Waals surface area (Å²) in [7, 11) is 0. The summed E-state index contributed by atoms with van der Waals surface area (Å²) in [4.78, 5) is 25.8. The van der Waals surface area contributed by atoms with Crippen molar-refractivity contribution >= 4 is 29.1 Å². The van der Waals surface area contributed by atoms with Crippen molar-refractivity contribution in [2.75, 3.05) is 5.32 Å². The minimum atomic E-state index is -0.683. The molecular formula is C15H18ClFN2O2. The van der Waals surface area contributed by atoms with Gasteiger partial charge in [-0.3, -0.25) is 14.5 Å². The van der Waals surface area contributed by atoms with Gasteiger partial charge in [0.2, 0.25) is 5.91 Å². The van der Waals surface area contributed by atoms with Crippen molar-refractivity contribution in [3.63, 3.8) is 0 Å². The van der Waals surface area contributed by atoms with Gasteiger partial charge in [-0.15, -0.1) is 0 Å². The van der Waals surface area contributed by atoms with E-state index in [4.69, 9.17) is 11.6 Å². The molecule has 0 radical (unpaired) electrons. The summed E-state index contributed by atoms with van der Waals surface area (Å²) in [6.45, 7) is 3.89. The number of carbonyl (C=O) groups excluding carboxylic acids is 2. The number of benzene rings is 1. The number of anilines is 1. The Bertz CT molecular complexity index is 561. The monoisotopic (exact) mass is 312 g/mol. The lowest BCUT2D eigenvalue weighted by atomic mass is 10.1. The maximum Gasteiger partial charge on any atom is 0.252 e. The summed E-state index contributed by atoms with van der Waals surface area (Å²) in [5, 5.41) is 3.20. The SMILES string of the molecule is CCC(CC)N1C(=O)CC(Nc2cc(F)ccc2Cl)C1=O. The third-order valence-corrected chi connectivity index (χ3v) is 4.08. The molecule has 1 aromatic rings. The first kappa shape index (κ1) is 15.8. The standard InChI is InChI=1S/C15H18ClFN2O2/c1-3-10(4-2)19-14(20)8-13(15(19)21)18-12-7-9(17)5-6-11(12)16/h5-7,10,13,18H,3-4,8H2,1-2H3. The van der Waals surface area contributed by atoms with E-state index in [2.05, 4.69) is 5.32 Å². The topological polar surface area (TPSA) is 49.4 Å². The lowest BCUT2D eigenvalue weighted by Crippen LogP contribution is -2.41. The molecule has 0 saturated carbocycles. The van der Waals surface area contributed by atoms with Gasteiger partial charge in [0.05, 0.1) is 17.1 Å². The first-order valence-electron chi connectivity index (χ1n) is 7.05. The van der Waals surface area contributed by atoms with Crippen molar-refractivity contribution in [2.45, 2.75) is 45.2 Å². The Morgan fingerprint density at radius 3 is 2.67 bits per heavy atom. The number of hydrogen-bond donors (Lipinski definition) is 1. The summed E-state index contributed by atoms with van der Waals surface area (Å²) in [5.41, 5.74) is 0.328. The van der Waals surface area contributed by atoms with E-state index in [1.54, 1.807) is 0 Å². The summed E-state index contributed by atoms with van der Waals surface area (Å²) in [6, 6.07) is 3.11.